The van der Waals surface area contributed by atoms with E-state index in [0.717, 1.165) is 13.0 Å². The second-order valence-corrected chi connectivity index (χ2v) is 2.17. The first-order chi connectivity index (χ1) is 4.43. The molecule has 0 aromatic rings. The molecule has 50 valence electrons. The molecule has 0 fully saturated rings. The SMILES string of the molecule is CNCC1CC=C=CN1. The third kappa shape index (κ3) is 1.92. The Morgan fingerprint density at radius 3 is 3.33 bits per heavy atom. The molecule has 2 heteroatoms. The predicted octanol–water partition coefficient (Wildman–Crippen LogP) is 0.236. The van der Waals surface area contributed by atoms with Gasteiger partial charge < -0.3 is 10.6 Å². The highest BCUT2D eigenvalue weighted by atomic mass is 15.0. The summed E-state index contributed by atoms with van der Waals surface area (Å²) in [6, 6.07) is 0.566. The summed E-state index contributed by atoms with van der Waals surface area (Å²) in [4.78, 5) is 0. The molecule has 1 atom stereocenters. The summed E-state index contributed by atoms with van der Waals surface area (Å²) in [5.41, 5.74) is 2.98. The zero-order chi connectivity index (χ0) is 6.53. The van der Waals surface area contributed by atoms with Gasteiger partial charge in [-0.3, -0.25) is 0 Å². The third-order valence-electron chi connectivity index (χ3n) is 1.37. The van der Waals surface area contributed by atoms with Crippen LogP contribution in [0.5, 0.6) is 0 Å². The Kier molecular flexibility index (Phi) is 2.37. The van der Waals surface area contributed by atoms with Crippen molar-refractivity contribution in [2.75, 3.05) is 13.6 Å². The van der Waals surface area contributed by atoms with E-state index in [1.807, 2.05) is 13.2 Å². The number of nitrogens with one attached hydrogen (secondary N) is 2. The van der Waals surface area contributed by atoms with Crippen LogP contribution in [0.25, 0.3) is 0 Å². The summed E-state index contributed by atoms with van der Waals surface area (Å²) in [6.45, 7) is 1.02. The summed E-state index contributed by atoms with van der Waals surface area (Å²) >= 11 is 0. The van der Waals surface area contributed by atoms with Gasteiger partial charge in [0.15, 0.2) is 0 Å². The fourth-order valence-corrected chi connectivity index (χ4v) is 0.892. The Morgan fingerprint density at radius 2 is 2.78 bits per heavy atom. The van der Waals surface area contributed by atoms with Crippen LogP contribution >= 0.6 is 0 Å². The van der Waals surface area contributed by atoms with Crippen LogP contribution in [0.1, 0.15) is 6.42 Å². The van der Waals surface area contributed by atoms with Crippen LogP contribution in [0.3, 0.4) is 0 Å². The molecule has 1 aliphatic heterocycles. The van der Waals surface area contributed by atoms with Crippen LogP contribution in [0.15, 0.2) is 18.0 Å². The van der Waals surface area contributed by atoms with Crippen LogP contribution in [0.4, 0.5) is 0 Å². The number of hydrogen-bond acceptors (Lipinski definition) is 2. The monoisotopic (exact) mass is 124 g/mol. The van der Waals surface area contributed by atoms with Crippen molar-refractivity contribution in [1.29, 1.82) is 0 Å². The van der Waals surface area contributed by atoms with Gasteiger partial charge in [-0.15, -0.1) is 5.73 Å². The highest BCUT2D eigenvalue weighted by Crippen LogP contribution is 1.94. The molecule has 0 aromatic heterocycles. The molecule has 1 unspecified atom stereocenters. The van der Waals surface area contributed by atoms with Crippen molar-refractivity contribution < 1.29 is 0 Å². The summed E-state index contributed by atoms with van der Waals surface area (Å²) in [5.74, 6) is 0. The maximum atomic E-state index is 3.19. The van der Waals surface area contributed by atoms with Crippen molar-refractivity contribution in [2.24, 2.45) is 0 Å². The van der Waals surface area contributed by atoms with Gasteiger partial charge in [0.05, 0.1) is 0 Å². The van der Waals surface area contributed by atoms with E-state index in [1.165, 1.54) is 0 Å². The molecule has 0 spiro atoms. The first-order valence-electron chi connectivity index (χ1n) is 3.23. The minimum absolute atomic E-state index is 0.566. The smallest absolute Gasteiger partial charge is 0.0426 e. The van der Waals surface area contributed by atoms with E-state index < -0.39 is 0 Å². The average Bonchev–Trinajstić information content (AvgIpc) is 1.91. The molecule has 2 nitrogen and oxygen atoms in total. The molecule has 0 aromatic carbocycles. The quantitative estimate of drug-likeness (QED) is 0.515. The Morgan fingerprint density at radius 1 is 1.89 bits per heavy atom. The zero-order valence-corrected chi connectivity index (χ0v) is 5.65. The standard InChI is InChI=1S/C7H12N2/c1-8-6-7-4-2-3-5-9-7/h2,5,7-9H,4,6H2,1H3. The van der Waals surface area contributed by atoms with Gasteiger partial charge in [0.25, 0.3) is 0 Å². The van der Waals surface area contributed by atoms with Crippen molar-refractivity contribution >= 4 is 0 Å². The molecule has 0 amide bonds. The van der Waals surface area contributed by atoms with Gasteiger partial charge in [-0.2, -0.15) is 0 Å². The van der Waals surface area contributed by atoms with Gasteiger partial charge in [0.2, 0.25) is 0 Å². The lowest BCUT2D eigenvalue weighted by Gasteiger charge is -2.15. The van der Waals surface area contributed by atoms with Gasteiger partial charge in [-0.05, 0) is 19.5 Å². The lowest BCUT2D eigenvalue weighted by molar-refractivity contribution is 0.551. The number of likely N-dealkylation sites (N-methyl/N-ethyl adjacent to an activating group) is 1. The van der Waals surface area contributed by atoms with Gasteiger partial charge >= 0.3 is 0 Å². The fraction of sp³-hybridized carbons (Fsp3) is 0.571. The minimum atomic E-state index is 0.566. The maximum Gasteiger partial charge on any atom is 0.0426 e. The zero-order valence-electron chi connectivity index (χ0n) is 5.65. The van der Waals surface area contributed by atoms with Gasteiger partial charge in [-0.25, -0.2) is 0 Å². The molecule has 0 saturated carbocycles. The van der Waals surface area contributed by atoms with E-state index >= 15 is 0 Å². The average molecular weight is 124 g/mol. The van der Waals surface area contributed by atoms with Gasteiger partial charge in [0.1, 0.15) is 0 Å². The minimum Gasteiger partial charge on any atom is -0.380 e. The van der Waals surface area contributed by atoms with Crippen molar-refractivity contribution in [2.45, 2.75) is 12.5 Å². The maximum absolute atomic E-state index is 3.19. The van der Waals surface area contributed by atoms with Crippen LogP contribution in [-0.2, 0) is 0 Å². The second kappa shape index (κ2) is 3.33. The van der Waals surface area contributed by atoms with E-state index in [1.54, 1.807) is 0 Å². The van der Waals surface area contributed by atoms with Crippen LogP contribution in [0, 0.1) is 0 Å². The molecule has 1 rings (SSSR count). The number of hydrogen-bond donors (Lipinski definition) is 2. The topological polar surface area (TPSA) is 24.1 Å². The van der Waals surface area contributed by atoms with E-state index in [-0.39, 0.29) is 0 Å². The van der Waals surface area contributed by atoms with Crippen LogP contribution in [-0.4, -0.2) is 19.6 Å². The lowest BCUT2D eigenvalue weighted by Crippen LogP contribution is -2.34. The van der Waals surface area contributed by atoms with Crippen LogP contribution in [0.2, 0.25) is 0 Å². The van der Waals surface area contributed by atoms with Crippen molar-refractivity contribution in [3.8, 4) is 0 Å². The molecule has 2 N–H and O–H groups in total. The largest absolute Gasteiger partial charge is 0.380 e. The highest BCUT2D eigenvalue weighted by molar-refractivity contribution is 4.95. The van der Waals surface area contributed by atoms with Crippen molar-refractivity contribution in [3.05, 3.63) is 18.0 Å². The Bertz CT molecular complexity index is 124. The summed E-state index contributed by atoms with van der Waals surface area (Å²) in [5, 5.41) is 6.30. The van der Waals surface area contributed by atoms with Crippen molar-refractivity contribution in [1.82, 2.24) is 10.6 Å². The molecular formula is C7H12N2. The lowest BCUT2D eigenvalue weighted by atomic mass is 10.2. The Hall–Kier alpha value is -0.720. The Labute approximate surface area is 55.6 Å². The fourth-order valence-electron chi connectivity index (χ4n) is 0.892. The predicted molar refractivity (Wildman–Crippen MR) is 38.1 cm³/mol. The van der Waals surface area contributed by atoms with E-state index in [9.17, 15) is 0 Å². The second-order valence-electron chi connectivity index (χ2n) is 2.17. The summed E-state index contributed by atoms with van der Waals surface area (Å²) in [7, 11) is 1.96. The molecule has 0 saturated heterocycles. The van der Waals surface area contributed by atoms with Gasteiger partial charge in [0, 0.05) is 18.8 Å². The van der Waals surface area contributed by atoms with Crippen molar-refractivity contribution in [3.63, 3.8) is 0 Å². The molecule has 0 bridgehead atoms. The number of rotatable bonds is 2. The van der Waals surface area contributed by atoms with E-state index in [0.29, 0.717) is 6.04 Å². The molecule has 0 aliphatic carbocycles. The van der Waals surface area contributed by atoms with Gasteiger partial charge in [-0.1, -0.05) is 0 Å². The first kappa shape index (κ1) is 6.40. The molecule has 1 aliphatic rings. The molecular weight excluding hydrogens is 112 g/mol. The Balaban J connectivity index is 2.25. The molecule has 1 heterocycles. The molecule has 0 radical (unpaired) electrons. The summed E-state index contributed by atoms with van der Waals surface area (Å²) in [6.07, 6.45) is 5.00. The summed E-state index contributed by atoms with van der Waals surface area (Å²) < 4.78 is 0. The van der Waals surface area contributed by atoms with E-state index in [2.05, 4.69) is 22.4 Å². The highest BCUT2D eigenvalue weighted by Gasteiger charge is 2.02. The third-order valence-corrected chi connectivity index (χ3v) is 1.37. The van der Waals surface area contributed by atoms with E-state index in [4.69, 9.17) is 0 Å². The molecule has 9 heavy (non-hydrogen) atoms. The first-order valence-corrected chi connectivity index (χ1v) is 3.23. The van der Waals surface area contributed by atoms with Crippen LogP contribution < -0.4 is 10.6 Å². The normalized spacial score (nSPS) is 23.9.